The third kappa shape index (κ3) is 2.55. The van der Waals surface area contributed by atoms with Crippen LogP contribution in [-0.4, -0.2) is 20.6 Å². The van der Waals surface area contributed by atoms with Crippen molar-refractivity contribution in [2.24, 2.45) is 5.73 Å². The van der Waals surface area contributed by atoms with Gasteiger partial charge in [-0.1, -0.05) is 24.3 Å². The maximum absolute atomic E-state index is 11.9. The van der Waals surface area contributed by atoms with Crippen LogP contribution in [-0.2, 0) is 13.2 Å². The smallest absolute Gasteiger partial charge is 0.249 e. The summed E-state index contributed by atoms with van der Waals surface area (Å²) in [6.45, 7) is 0.581. The van der Waals surface area contributed by atoms with E-state index in [1.807, 2.05) is 48.7 Å². The molecule has 2 aromatic carbocycles. The van der Waals surface area contributed by atoms with Crippen LogP contribution in [0, 0.1) is 0 Å². The number of fused-ring (bicyclic) bond motifs is 3. The van der Waals surface area contributed by atoms with Crippen LogP contribution in [0.4, 0.5) is 0 Å². The summed E-state index contributed by atoms with van der Waals surface area (Å²) in [5.74, 6) is -0.447. The van der Waals surface area contributed by atoms with E-state index in [1.54, 1.807) is 12.3 Å². The number of nitrogens with zero attached hydrogens (tertiary/aromatic N) is 2. The van der Waals surface area contributed by atoms with E-state index >= 15 is 0 Å². The second-order valence-electron chi connectivity index (χ2n) is 6.02. The molecule has 5 nitrogen and oxygen atoms in total. The summed E-state index contributed by atoms with van der Waals surface area (Å²) in [6.07, 6.45) is 3.57. The van der Waals surface area contributed by atoms with Crippen molar-refractivity contribution in [2.45, 2.75) is 13.2 Å². The van der Waals surface area contributed by atoms with Gasteiger partial charge in [0, 0.05) is 40.8 Å². The molecule has 0 atom stereocenters. The number of aliphatic hydroxyl groups excluding tert-OH is 1. The third-order valence-corrected chi connectivity index (χ3v) is 4.47. The maximum atomic E-state index is 11.9. The van der Waals surface area contributed by atoms with Crippen LogP contribution in [0.3, 0.4) is 0 Å². The highest BCUT2D eigenvalue weighted by Gasteiger charge is 2.16. The largest absolute Gasteiger partial charge is 0.392 e. The highest BCUT2D eigenvalue weighted by Crippen LogP contribution is 2.33. The van der Waals surface area contributed by atoms with E-state index < -0.39 is 5.91 Å². The molecule has 1 amide bonds. The van der Waals surface area contributed by atoms with Gasteiger partial charge in [0.05, 0.1) is 12.1 Å². The molecule has 0 saturated heterocycles. The Hall–Kier alpha value is -3.18. The maximum Gasteiger partial charge on any atom is 0.249 e. The lowest BCUT2D eigenvalue weighted by atomic mass is 10.0. The van der Waals surface area contributed by atoms with Gasteiger partial charge in [-0.05, 0) is 35.4 Å². The van der Waals surface area contributed by atoms with Crippen molar-refractivity contribution in [3.8, 4) is 0 Å². The Kier molecular flexibility index (Phi) is 3.71. The Morgan fingerprint density at radius 1 is 1.08 bits per heavy atom. The van der Waals surface area contributed by atoms with Crippen LogP contribution in [0.2, 0.25) is 0 Å². The second kappa shape index (κ2) is 6.03. The molecule has 0 aliphatic carbocycles. The third-order valence-electron chi connectivity index (χ3n) is 4.47. The van der Waals surface area contributed by atoms with Crippen molar-refractivity contribution < 1.29 is 9.90 Å². The summed E-state index contributed by atoms with van der Waals surface area (Å²) in [5.41, 5.74) is 9.87. The minimum absolute atomic E-state index is 0.0347. The Labute approximate surface area is 144 Å². The normalized spacial score (nSPS) is 11.2. The number of aromatic nitrogens is 2. The number of nitrogens with two attached hydrogens (primary N) is 1. The van der Waals surface area contributed by atoms with Gasteiger partial charge >= 0.3 is 0 Å². The topological polar surface area (TPSA) is 81.1 Å². The van der Waals surface area contributed by atoms with E-state index in [2.05, 4.69) is 9.55 Å². The van der Waals surface area contributed by atoms with Gasteiger partial charge in [0.1, 0.15) is 0 Å². The Morgan fingerprint density at radius 3 is 2.68 bits per heavy atom. The quantitative estimate of drug-likeness (QED) is 0.603. The highest BCUT2D eigenvalue weighted by atomic mass is 16.3. The number of carbonyl (C=O) groups is 1. The average molecular weight is 331 g/mol. The van der Waals surface area contributed by atoms with Crippen molar-refractivity contribution in [2.75, 3.05) is 0 Å². The number of pyridine rings is 1. The molecule has 2 heterocycles. The minimum Gasteiger partial charge on any atom is -0.392 e. The molecular formula is C20H17N3O2. The fourth-order valence-corrected chi connectivity index (χ4v) is 3.34. The van der Waals surface area contributed by atoms with Crippen molar-refractivity contribution in [3.63, 3.8) is 0 Å². The molecule has 0 saturated carbocycles. The number of carbonyl (C=O) groups excluding carboxylic acids is 1. The van der Waals surface area contributed by atoms with Gasteiger partial charge in [0.15, 0.2) is 0 Å². The first-order valence-electron chi connectivity index (χ1n) is 8.02. The summed E-state index contributed by atoms with van der Waals surface area (Å²) in [7, 11) is 0. The van der Waals surface area contributed by atoms with Crippen LogP contribution < -0.4 is 5.73 Å². The molecule has 124 valence electrons. The second-order valence-corrected chi connectivity index (χ2v) is 6.02. The van der Waals surface area contributed by atoms with Crippen LogP contribution in [0.15, 0.2) is 60.9 Å². The van der Waals surface area contributed by atoms with Crippen LogP contribution in [0.25, 0.3) is 21.8 Å². The van der Waals surface area contributed by atoms with Crippen molar-refractivity contribution in [1.29, 1.82) is 0 Å². The van der Waals surface area contributed by atoms with Gasteiger partial charge in [-0.3, -0.25) is 9.78 Å². The average Bonchev–Trinajstić information content (AvgIpc) is 2.95. The molecule has 0 aliphatic rings. The number of rotatable bonds is 4. The molecule has 2 aromatic heterocycles. The molecule has 0 bridgehead atoms. The monoisotopic (exact) mass is 331 g/mol. The van der Waals surface area contributed by atoms with Gasteiger partial charge in [-0.15, -0.1) is 0 Å². The predicted octanol–water partition coefficient (Wildman–Crippen LogP) is 2.83. The first kappa shape index (κ1) is 15.4. The predicted molar refractivity (Wildman–Crippen MR) is 97.2 cm³/mol. The van der Waals surface area contributed by atoms with Gasteiger partial charge in [-0.2, -0.15) is 0 Å². The standard InChI is InChI=1S/C20H17N3O2/c21-20(25)16-4-1-5-17-19(16)15-7-6-13(12-24)9-18(15)23(17)11-14-3-2-8-22-10-14/h1-10,24H,11-12H2,(H2,21,25). The molecule has 0 unspecified atom stereocenters. The zero-order chi connectivity index (χ0) is 17.4. The molecule has 0 aliphatic heterocycles. The molecule has 0 radical (unpaired) electrons. The SMILES string of the molecule is NC(=O)c1cccc2c1c1ccc(CO)cc1n2Cc1cccnc1. The van der Waals surface area contributed by atoms with E-state index in [4.69, 9.17) is 5.73 Å². The summed E-state index contributed by atoms with van der Waals surface area (Å²) in [5, 5.41) is 11.3. The lowest BCUT2D eigenvalue weighted by Gasteiger charge is -2.08. The fourth-order valence-electron chi connectivity index (χ4n) is 3.34. The van der Waals surface area contributed by atoms with Gasteiger partial charge in [-0.25, -0.2) is 0 Å². The van der Waals surface area contributed by atoms with Gasteiger partial charge in [0.2, 0.25) is 5.91 Å². The van der Waals surface area contributed by atoms with Crippen LogP contribution in [0.1, 0.15) is 21.5 Å². The number of primary amides is 1. The number of aliphatic hydroxyl groups is 1. The van der Waals surface area contributed by atoms with E-state index in [9.17, 15) is 9.90 Å². The molecule has 3 N–H and O–H groups in total. The zero-order valence-corrected chi connectivity index (χ0v) is 13.5. The summed E-state index contributed by atoms with van der Waals surface area (Å²) in [6, 6.07) is 15.2. The van der Waals surface area contributed by atoms with E-state index in [0.717, 1.165) is 32.9 Å². The highest BCUT2D eigenvalue weighted by molar-refractivity contribution is 6.17. The first-order valence-corrected chi connectivity index (χ1v) is 8.02. The van der Waals surface area contributed by atoms with Crippen molar-refractivity contribution in [1.82, 2.24) is 9.55 Å². The van der Waals surface area contributed by atoms with Gasteiger partial charge in [0.25, 0.3) is 0 Å². The molecule has 0 spiro atoms. The first-order chi connectivity index (χ1) is 12.2. The molecule has 4 aromatic rings. The summed E-state index contributed by atoms with van der Waals surface area (Å²) < 4.78 is 2.13. The van der Waals surface area contributed by atoms with E-state index in [1.165, 1.54) is 0 Å². The van der Waals surface area contributed by atoms with Crippen LogP contribution >= 0.6 is 0 Å². The molecule has 0 fully saturated rings. The van der Waals surface area contributed by atoms with Crippen molar-refractivity contribution >= 4 is 27.7 Å². The molecule has 25 heavy (non-hydrogen) atoms. The Morgan fingerprint density at radius 2 is 1.96 bits per heavy atom. The lowest BCUT2D eigenvalue weighted by Crippen LogP contribution is -2.11. The summed E-state index contributed by atoms with van der Waals surface area (Å²) >= 11 is 0. The van der Waals surface area contributed by atoms with Crippen LogP contribution in [0.5, 0.6) is 0 Å². The Bertz CT molecular complexity index is 1080. The summed E-state index contributed by atoms with van der Waals surface area (Å²) in [4.78, 5) is 16.1. The fraction of sp³-hybridized carbons (Fsp3) is 0.100. The molecule has 4 rings (SSSR count). The molecule has 5 heteroatoms. The number of hydrogen-bond donors (Lipinski definition) is 2. The number of amides is 1. The van der Waals surface area contributed by atoms with E-state index in [-0.39, 0.29) is 6.61 Å². The zero-order valence-electron chi connectivity index (χ0n) is 13.5. The lowest BCUT2D eigenvalue weighted by molar-refractivity contribution is 0.100. The molecular weight excluding hydrogens is 314 g/mol. The number of benzene rings is 2. The Balaban J connectivity index is 2.07. The minimum atomic E-state index is -0.447. The number of hydrogen-bond acceptors (Lipinski definition) is 3. The van der Waals surface area contributed by atoms with E-state index in [0.29, 0.717) is 12.1 Å². The van der Waals surface area contributed by atoms with Gasteiger partial charge < -0.3 is 15.4 Å². The van der Waals surface area contributed by atoms with Crippen molar-refractivity contribution in [3.05, 3.63) is 77.6 Å².